The van der Waals surface area contributed by atoms with Crippen LogP contribution in [0.2, 0.25) is 0 Å². The predicted octanol–water partition coefficient (Wildman–Crippen LogP) is 2.88. The molecule has 1 heterocycles. The molecule has 0 unspecified atom stereocenters. The van der Waals surface area contributed by atoms with Gasteiger partial charge in [-0.25, -0.2) is 0 Å². The van der Waals surface area contributed by atoms with Gasteiger partial charge in [-0.3, -0.25) is 10.3 Å². The molecule has 0 spiro atoms. The van der Waals surface area contributed by atoms with Crippen LogP contribution in [0.5, 0.6) is 0 Å². The minimum absolute atomic E-state index is 0.258. The molecule has 0 atom stereocenters. The van der Waals surface area contributed by atoms with E-state index in [1.165, 1.54) is 5.06 Å². The molecule has 0 amide bonds. The van der Waals surface area contributed by atoms with E-state index in [2.05, 4.69) is 5.18 Å². The average molecular weight is 198 g/mol. The molecule has 4 heteroatoms. The maximum Gasteiger partial charge on any atom is 0.109 e. The van der Waals surface area contributed by atoms with Crippen molar-refractivity contribution < 1.29 is 5.21 Å². The number of hydroxylamine groups is 2. The van der Waals surface area contributed by atoms with Gasteiger partial charge in [0.25, 0.3) is 0 Å². The average Bonchev–Trinajstić information content (AvgIpc) is 2.21. The highest BCUT2D eigenvalue weighted by Gasteiger charge is 2.42. The summed E-state index contributed by atoms with van der Waals surface area (Å²) in [6, 6.07) is 0. The molecule has 4 nitrogen and oxygen atoms in total. The van der Waals surface area contributed by atoms with Gasteiger partial charge in [0, 0.05) is 11.8 Å². The SMILES string of the molecule is CC(C)(C)C1=C(N=O)CC(C)(C)N1O. The van der Waals surface area contributed by atoms with Crippen LogP contribution < -0.4 is 0 Å². The first kappa shape index (κ1) is 11.2. The van der Waals surface area contributed by atoms with E-state index in [-0.39, 0.29) is 5.41 Å². The number of nitrogens with zero attached hydrogens (tertiary/aromatic N) is 2. The second-order valence-corrected chi connectivity index (χ2v) is 5.44. The van der Waals surface area contributed by atoms with Crippen molar-refractivity contribution in [2.75, 3.05) is 0 Å². The lowest BCUT2D eigenvalue weighted by atomic mass is 9.91. The molecule has 0 aromatic carbocycles. The Balaban J connectivity index is 3.17. The normalized spacial score (nSPS) is 21.7. The van der Waals surface area contributed by atoms with Gasteiger partial charge in [0.05, 0.1) is 11.2 Å². The lowest BCUT2D eigenvalue weighted by Gasteiger charge is -2.34. The summed E-state index contributed by atoms with van der Waals surface area (Å²) in [6.07, 6.45) is 0.500. The molecule has 0 aliphatic carbocycles. The number of allylic oxidation sites excluding steroid dienone is 1. The van der Waals surface area contributed by atoms with E-state index in [4.69, 9.17) is 0 Å². The molecule has 0 saturated heterocycles. The molecule has 0 bridgehead atoms. The van der Waals surface area contributed by atoms with Gasteiger partial charge in [-0.2, -0.15) is 0 Å². The van der Waals surface area contributed by atoms with Crippen LogP contribution in [0.25, 0.3) is 0 Å². The van der Waals surface area contributed by atoms with E-state index in [9.17, 15) is 10.1 Å². The second-order valence-electron chi connectivity index (χ2n) is 5.44. The zero-order valence-electron chi connectivity index (χ0n) is 9.46. The van der Waals surface area contributed by atoms with Gasteiger partial charge < -0.3 is 0 Å². The first-order valence-corrected chi connectivity index (χ1v) is 4.76. The van der Waals surface area contributed by atoms with Crippen LogP contribution in [0.15, 0.2) is 16.6 Å². The highest BCUT2D eigenvalue weighted by molar-refractivity contribution is 5.26. The van der Waals surface area contributed by atoms with Crippen LogP contribution in [-0.2, 0) is 0 Å². The quantitative estimate of drug-likeness (QED) is 0.659. The first-order chi connectivity index (χ1) is 6.20. The Bertz CT molecular complexity index is 287. The van der Waals surface area contributed by atoms with Crippen molar-refractivity contribution in [1.29, 1.82) is 0 Å². The van der Waals surface area contributed by atoms with Crippen molar-refractivity contribution in [3.8, 4) is 0 Å². The van der Waals surface area contributed by atoms with Gasteiger partial charge in [-0.05, 0) is 19.0 Å². The maximum absolute atomic E-state index is 10.7. The number of hydrogen-bond donors (Lipinski definition) is 1. The lowest BCUT2D eigenvalue weighted by molar-refractivity contribution is -0.129. The molecule has 1 aliphatic heterocycles. The van der Waals surface area contributed by atoms with Gasteiger partial charge >= 0.3 is 0 Å². The summed E-state index contributed by atoms with van der Waals surface area (Å²) in [5, 5.41) is 14.1. The minimum atomic E-state index is -0.425. The molecule has 14 heavy (non-hydrogen) atoms. The molecular weight excluding hydrogens is 180 g/mol. The Morgan fingerprint density at radius 1 is 1.43 bits per heavy atom. The van der Waals surface area contributed by atoms with E-state index >= 15 is 0 Å². The van der Waals surface area contributed by atoms with Gasteiger partial charge in [0.15, 0.2) is 0 Å². The zero-order chi connectivity index (χ0) is 11.1. The summed E-state index contributed by atoms with van der Waals surface area (Å²) in [4.78, 5) is 10.7. The maximum atomic E-state index is 10.7. The summed E-state index contributed by atoms with van der Waals surface area (Å²) in [7, 11) is 0. The first-order valence-electron chi connectivity index (χ1n) is 4.76. The van der Waals surface area contributed by atoms with E-state index < -0.39 is 5.54 Å². The Hall–Kier alpha value is -0.900. The second kappa shape index (κ2) is 3.05. The fraction of sp³-hybridized carbons (Fsp3) is 0.800. The summed E-state index contributed by atoms with van der Waals surface area (Å²) in [6.45, 7) is 9.64. The molecule has 1 N–H and O–H groups in total. The van der Waals surface area contributed by atoms with Crippen LogP contribution in [0.3, 0.4) is 0 Å². The fourth-order valence-corrected chi connectivity index (χ4v) is 1.82. The van der Waals surface area contributed by atoms with E-state index in [1.807, 2.05) is 34.6 Å². The molecule has 0 aromatic heterocycles. The highest BCUT2D eigenvalue weighted by atomic mass is 16.5. The Kier molecular flexibility index (Phi) is 2.44. The van der Waals surface area contributed by atoms with Gasteiger partial charge in [0.1, 0.15) is 5.70 Å². The number of rotatable bonds is 1. The van der Waals surface area contributed by atoms with Crippen LogP contribution in [0.1, 0.15) is 41.0 Å². The topological polar surface area (TPSA) is 52.9 Å². The van der Waals surface area contributed by atoms with E-state index in [1.54, 1.807) is 0 Å². The highest BCUT2D eigenvalue weighted by Crippen LogP contribution is 2.43. The third kappa shape index (κ3) is 1.66. The van der Waals surface area contributed by atoms with Crippen molar-refractivity contribution >= 4 is 0 Å². The standard InChI is InChI=1S/C10H18N2O2/c1-9(2,3)8-7(11-13)6-10(4,5)12(8)14/h14H,6H2,1-5H3. The molecular formula is C10H18N2O2. The fourth-order valence-electron chi connectivity index (χ4n) is 1.82. The van der Waals surface area contributed by atoms with Crippen LogP contribution >= 0.6 is 0 Å². The molecule has 0 radical (unpaired) electrons. The van der Waals surface area contributed by atoms with Crippen molar-refractivity contribution in [3.63, 3.8) is 0 Å². The van der Waals surface area contributed by atoms with Gasteiger partial charge in [-0.1, -0.05) is 20.8 Å². The molecule has 1 rings (SSSR count). The monoisotopic (exact) mass is 198 g/mol. The summed E-state index contributed by atoms with van der Waals surface area (Å²) in [5.74, 6) is 0. The van der Waals surface area contributed by atoms with Crippen molar-refractivity contribution in [2.24, 2.45) is 10.6 Å². The number of hydrogen-bond acceptors (Lipinski definition) is 4. The van der Waals surface area contributed by atoms with Crippen molar-refractivity contribution in [3.05, 3.63) is 16.3 Å². The van der Waals surface area contributed by atoms with Gasteiger partial charge in [0.2, 0.25) is 0 Å². The summed E-state index contributed by atoms with van der Waals surface area (Å²) < 4.78 is 0. The Morgan fingerprint density at radius 2 is 1.93 bits per heavy atom. The third-order valence-electron chi connectivity index (χ3n) is 2.48. The summed E-state index contributed by atoms with van der Waals surface area (Å²) >= 11 is 0. The molecule has 0 fully saturated rings. The smallest absolute Gasteiger partial charge is 0.109 e. The lowest BCUT2D eigenvalue weighted by Crippen LogP contribution is -2.38. The molecule has 0 aromatic rings. The largest absolute Gasteiger partial charge is 0.288 e. The minimum Gasteiger partial charge on any atom is -0.288 e. The van der Waals surface area contributed by atoms with Crippen LogP contribution in [0.4, 0.5) is 0 Å². The number of nitroso groups, excluding NO2 is 1. The Labute approximate surface area is 84.5 Å². The van der Waals surface area contributed by atoms with Gasteiger partial charge in [-0.15, -0.1) is 4.91 Å². The zero-order valence-corrected chi connectivity index (χ0v) is 9.46. The predicted molar refractivity (Wildman–Crippen MR) is 54.6 cm³/mol. The van der Waals surface area contributed by atoms with Crippen LogP contribution in [-0.4, -0.2) is 15.8 Å². The third-order valence-corrected chi connectivity index (χ3v) is 2.48. The van der Waals surface area contributed by atoms with Crippen molar-refractivity contribution in [2.45, 2.75) is 46.6 Å². The Morgan fingerprint density at radius 3 is 2.21 bits per heavy atom. The van der Waals surface area contributed by atoms with E-state index in [0.717, 1.165) is 0 Å². The summed E-state index contributed by atoms with van der Waals surface area (Å²) in [5.41, 5.74) is 0.417. The van der Waals surface area contributed by atoms with Crippen LogP contribution in [0, 0.1) is 10.3 Å². The van der Waals surface area contributed by atoms with Crippen molar-refractivity contribution in [1.82, 2.24) is 5.06 Å². The van der Waals surface area contributed by atoms with E-state index in [0.29, 0.717) is 17.8 Å². The molecule has 80 valence electrons. The molecule has 1 aliphatic rings. The molecule has 0 saturated carbocycles.